The fraction of sp³-hybridized carbons (Fsp3) is 0.435. The molecule has 5 nitrogen and oxygen atoms in total. The average molecular weight is 378 g/mol. The second kappa shape index (κ2) is 8.13. The van der Waals surface area contributed by atoms with E-state index in [4.69, 9.17) is 0 Å². The van der Waals surface area contributed by atoms with Crippen LogP contribution in [-0.4, -0.2) is 22.8 Å². The molecule has 1 fully saturated rings. The Morgan fingerprint density at radius 2 is 1.79 bits per heavy atom. The van der Waals surface area contributed by atoms with Crippen molar-refractivity contribution in [3.63, 3.8) is 0 Å². The van der Waals surface area contributed by atoms with Gasteiger partial charge in [0.2, 0.25) is 0 Å². The van der Waals surface area contributed by atoms with Crippen LogP contribution in [0.4, 0.5) is 11.4 Å². The average Bonchev–Trinajstić information content (AvgIpc) is 2.74. The maximum Gasteiger partial charge on any atom is 0.269 e. The summed E-state index contributed by atoms with van der Waals surface area (Å²) in [5.74, 6) is 0.178. The second-order valence-corrected chi connectivity index (χ2v) is 7.96. The molecular formula is C23H26N2O3. The molecule has 1 heterocycles. The molecular weight excluding hydrogens is 352 g/mol. The lowest BCUT2D eigenvalue weighted by Gasteiger charge is -2.45. The first-order chi connectivity index (χ1) is 13.6. The number of hydrogen-bond donors (Lipinski definition) is 0. The van der Waals surface area contributed by atoms with Gasteiger partial charge in [-0.05, 0) is 37.3 Å². The summed E-state index contributed by atoms with van der Waals surface area (Å²) in [4.78, 5) is 26.2. The van der Waals surface area contributed by atoms with Crippen LogP contribution >= 0.6 is 0 Å². The third kappa shape index (κ3) is 3.79. The number of carbonyl (C=O) groups excluding carboxylic acids is 1. The zero-order chi connectivity index (χ0) is 19.5. The fourth-order valence-electron chi connectivity index (χ4n) is 4.81. The standard InChI is InChI=1S/C23H26N2O3/c26-23(17-7-3-1-4-8-17)16-20-12-11-18-15-21(25(27)28)13-14-22(18)24(20)19-9-5-2-6-10-19/h1,3-4,7-8,13-15,19-20H,2,5-6,9-12,16H2/t20-/m1/s1. The number of Topliss-reactive ketones (excluding diaryl/α,β-unsaturated/α-hetero) is 1. The highest BCUT2D eigenvalue weighted by Crippen LogP contribution is 2.39. The van der Waals surface area contributed by atoms with E-state index in [1.54, 1.807) is 12.1 Å². The lowest BCUT2D eigenvalue weighted by atomic mass is 9.86. The van der Waals surface area contributed by atoms with Crippen LogP contribution in [0, 0.1) is 10.1 Å². The minimum atomic E-state index is -0.323. The van der Waals surface area contributed by atoms with Crippen LogP contribution in [-0.2, 0) is 6.42 Å². The van der Waals surface area contributed by atoms with E-state index in [1.165, 1.54) is 19.3 Å². The van der Waals surface area contributed by atoms with Crippen LogP contribution in [0.2, 0.25) is 0 Å². The number of anilines is 1. The minimum Gasteiger partial charge on any atom is -0.365 e. The zero-order valence-corrected chi connectivity index (χ0v) is 16.0. The molecule has 2 aliphatic rings. The van der Waals surface area contributed by atoms with E-state index in [0.29, 0.717) is 12.5 Å². The molecule has 1 aliphatic carbocycles. The maximum atomic E-state index is 12.9. The lowest BCUT2D eigenvalue weighted by Crippen LogP contribution is -2.48. The summed E-state index contributed by atoms with van der Waals surface area (Å²) in [6.07, 6.45) is 8.10. The van der Waals surface area contributed by atoms with Crippen molar-refractivity contribution < 1.29 is 9.72 Å². The lowest BCUT2D eigenvalue weighted by molar-refractivity contribution is -0.384. The van der Waals surface area contributed by atoms with Crippen molar-refractivity contribution in [2.75, 3.05) is 4.90 Å². The highest BCUT2D eigenvalue weighted by atomic mass is 16.6. The first-order valence-electron chi connectivity index (χ1n) is 10.3. The summed E-state index contributed by atoms with van der Waals surface area (Å²) in [7, 11) is 0. The Morgan fingerprint density at radius 1 is 1.04 bits per heavy atom. The number of hydrogen-bond acceptors (Lipinski definition) is 4. The van der Waals surface area contributed by atoms with Crippen molar-refractivity contribution in [1.82, 2.24) is 0 Å². The quantitative estimate of drug-likeness (QED) is 0.401. The summed E-state index contributed by atoms with van der Waals surface area (Å²) < 4.78 is 0. The summed E-state index contributed by atoms with van der Waals surface area (Å²) in [5.41, 5.74) is 3.06. The first kappa shape index (κ1) is 18.7. The highest BCUT2D eigenvalue weighted by molar-refractivity contribution is 5.96. The van der Waals surface area contributed by atoms with Gasteiger partial charge in [-0.15, -0.1) is 0 Å². The number of non-ortho nitro benzene ring substituents is 1. The number of ketones is 1. The van der Waals surface area contributed by atoms with Crippen molar-refractivity contribution in [3.05, 3.63) is 69.8 Å². The van der Waals surface area contributed by atoms with Crippen molar-refractivity contribution in [3.8, 4) is 0 Å². The van der Waals surface area contributed by atoms with Gasteiger partial charge in [-0.2, -0.15) is 0 Å². The molecule has 2 aromatic carbocycles. The summed E-state index contributed by atoms with van der Waals surface area (Å²) in [6.45, 7) is 0. The third-order valence-electron chi connectivity index (χ3n) is 6.18. The molecule has 0 spiro atoms. The molecule has 0 bridgehead atoms. The molecule has 0 unspecified atom stereocenters. The van der Waals surface area contributed by atoms with Crippen LogP contribution in [0.1, 0.15) is 60.9 Å². The van der Waals surface area contributed by atoms with Crippen molar-refractivity contribution in [2.45, 2.75) is 63.5 Å². The zero-order valence-electron chi connectivity index (χ0n) is 16.0. The smallest absolute Gasteiger partial charge is 0.269 e. The number of fused-ring (bicyclic) bond motifs is 1. The molecule has 0 amide bonds. The Bertz CT molecular complexity index is 859. The molecule has 0 N–H and O–H groups in total. The van der Waals surface area contributed by atoms with E-state index < -0.39 is 0 Å². The number of carbonyl (C=O) groups is 1. The van der Waals surface area contributed by atoms with Gasteiger partial charge >= 0.3 is 0 Å². The van der Waals surface area contributed by atoms with Gasteiger partial charge < -0.3 is 4.90 Å². The second-order valence-electron chi connectivity index (χ2n) is 7.96. The Balaban J connectivity index is 1.64. The number of nitro benzene ring substituents is 1. The molecule has 2 aromatic rings. The van der Waals surface area contributed by atoms with Gasteiger partial charge in [0.1, 0.15) is 0 Å². The molecule has 146 valence electrons. The summed E-state index contributed by atoms with van der Waals surface area (Å²) >= 11 is 0. The van der Waals surface area contributed by atoms with Crippen LogP contribution in [0.15, 0.2) is 48.5 Å². The Hall–Kier alpha value is -2.69. The van der Waals surface area contributed by atoms with Gasteiger partial charge in [0, 0.05) is 41.9 Å². The number of nitro groups is 1. The van der Waals surface area contributed by atoms with Crippen LogP contribution < -0.4 is 4.90 Å². The number of benzene rings is 2. The van der Waals surface area contributed by atoms with Gasteiger partial charge in [-0.3, -0.25) is 14.9 Å². The van der Waals surface area contributed by atoms with Gasteiger partial charge in [-0.25, -0.2) is 0 Å². The molecule has 5 heteroatoms. The molecule has 0 radical (unpaired) electrons. The first-order valence-corrected chi connectivity index (χ1v) is 10.3. The number of rotatable bonds is 5. The van der Waals surface area contributed by atoms with Crippen molar-refractivity contribution >= 4 is 17.2 Å². The summed E-state index contributed by atoms with van der Waals surface area (Å²) in [6, 6.07) is 15.3. The minimum absolute atomic E-state index is 0.154. The fourth-order valence-corrected chi connectivity index (χ4v) is 4.81. The van der Waals surface area contributed by atoms with E-state index in [9.17, 15) is 14.9 Å². The number of aryl methyl sites for hydroxylation is 1. The number of nitrogens with zero attached hydrogens (tertiary/aromatic N) is 2. The molecule has 0 aromatic heterocycles. The van der Waals surface area contributed by atoms with Crippen LogP contribution in [0.3, 0.4) is 0 Å². The van der Waals surface area contributed by atoms with Gasteiger partial charge in [0.15, 0.2) is 5.78 Å². The maximum absolute atomic E-state index is 12.9. The third-order valence-corrected chi connectivity index (χ3v) is 6.18. The molecule has 1 atom stereocenters. The van der Waals surface area contributed by atoms with Crippen LogP contribution in [0.5, 0.6) is 0 Å². The molecule has 28 heavy (non-hydrogen) atoms. The van der Waals surface area contributed by atoms with Crippen molar-refractivity contribution in [1.29, 1.82) is 0 Å². The Labute approximate surface area is 165 Å². The largest absolute Gasteiger partial charge is 0.365 e. The van der Waals surface area contributed by atoms with Gasteiger partial charge in [0.05, 0.1) is 4.92 Å². The monoisotopic (exact) mass is 378 g/mol. The SMILES string of the molecule is O=C(C[C@H]1CCc2cc([N+](=O)[O-])ccc2N1C1CCCCC1)c1ccccc1. The molecule has 1 saturated carbocycles. The Morgan fingerprint density at radius 3 is 2.50 bits per heavy atom. The summed E-state index contributed by atoms with van der Waals surface area (Å²) in [5, 5.41) is 11.2. The Kier molecular flexibility index (Phi) is 5.42. The van der Waals surface area contributed by atoms with Gasteiger partial charge in [0.25, 0.3) is 5.69 Å². The van der Waals surface area contributed by atoms with E-state index in [-0.39, 0.29) is 22.4 Å². The highest BCUT2D eigenvalue weighted by Gasteiger charge is 2.34. The predicted octanol–water partition coefficient (Wildman–Crippen LogP) is 5.32. The van der Waals surface area contributed by atoms with E-state index in [0.717, 1.165) is 42.5 Å². The molecule has 1 aliphatic heterocycles. The van der Waals surface area contributed by atoms with Gasteiger partial charge in [-0.1, -0.05) is 49.6 Å². The molecule has 4 rings (SSSR count). The van der Waals surface area contributed by atoms with Crippen LogP contribution in [0.25, 0.3) is 0 Å². The van der Waals surface area contributed by atoms with Crippen molar-refractivity contribution in [2.24, 2.45) is 0 Å². The van der Waals surface area contributed by atoms with E-state index >= 15 is 0 Å². The topological polar surface area (TPSA) is 63.4 Å². The van der Waals surface area contributed by atoms with E-state index in [1.807, 2.05) is 36.4 Å². The normalized spacial score (nSPS) is 19.9. The molecule has 0 saturated heterocycles. The predicted molar refractivity (Wildman–Crippen MR) is 110 cm³/mol. The van der Waals surface area contributed by atoms with E-state index in [2.05, 4.69) is 4.90 Å².